The average Bonchev–Trinajstić information content (AvgIpc) is 3.39. The van der Waals surface area contributed by atoms with E-state index < -0.39 is 11.9 Å². The molecule has 1 amide bonds. The lowest BCUT2D eigenvalue weighted by atomic mass is 9.95. The van der Waals surface area contributed by atoms with Crippen molar-refractivity contribution in [2.75, 3.05) is 26.2 Å². The summed E-state index contributed by atoms with van der Waals surface area (Å²) in [6, 6.07) is 18.6. The molecule has 0 spiro atoms. The van der Waals surface area contributed by atoms with Crippen molar-refractivity contribution < 1.29 is 29.3 Å². The molecule has 0 aliphatic carbocycles. The summed E-state index contributed by atoms with van der Waals surface area (Å²) in [5, 5.41) is 14.8. The molecule has 182 valence electrons. The van der Waals surface area contributed by atoms with Crippen molar-refractivity contribution in [3.8, 4) is 5.75 Å². The normalized spacial score (nSPS) is 16.4. The summed E-state index contributed by atoms with van der Waals surface area (Å²) in [7, 11) is 0. The predicted molar refractivity (Wildman–Crippen MR) is 126 cm³/mol. The molecule has 0 atom stereocenters. The minimum atomic E-state index is -1.82. The second kappa shape index (κ2) is 12.7. The molecule has 0 radical (unpaired) electrons. The highest BCUT2D eigenvalue weighted by Crippen LogP contribution is 2.24. The van der Waals surface area contributed by atoms with E-state index in [1.165, 1.54) is 24.0 Å². The lowest BCUT2D eigenvalue weighted by Gasteiger charge is -2.33. The number of amides is 1. The van der Waals surface area contributed by atoms with Crippen LogP contribution in [0.1, 0.15) is 36.8 Å². The molecule has 2 aliphatic heterocycles. The van der Waals surface area contributed by atoms with E-state index in [-0.39, 0.29) is 5.92 Å². The lowest BCUT2D eigenvalue weighted by Crippen LogP contribution is -2.41. The van der Waals surface area contributed by atoms with E-state index in [2.05, 4.69) is 40.1 Å². The van der Waals surface area contributed by atoms with Crippen molar-refractivity contribution in [2.45, 2.75) is 38.8 Å². The monoisotopic (exact) mass is 468 g/mol. The van der Waals surface area contributed by atoms with Gasteiger partial charge in [0.15, 0.2) is 0 Å². The van der Waals surface area contributed by atoms with Gasteiger partial charge in [0, 0.05) is 25.6 Å². The van der Waals surface area contributed by atoms with E-state index in [1.807, 2.05) is 24.3 Å². The zero-order valence-corrected chi connectivity index (χ0v) is 19.3. The molecule has 0 unspecified atom stereocenters. The van der Waals surface area contributed by atoms with E-state index >= 15 is 0 Å². The van der Waals surface area contributed by atoms with Crippen LogP contribution in [0.4, 0.5) is 0 Å². The van der Waals surface area contributed by atoms with Crippen molar-refractivity contribution in [1.82, 2.24) is 9.80 Å². The molecule has 2 fully saturated rings. The molecular formula is C26H32N2O6. The van der Waals surface area contributed by atoms with Crippen LogP contribution in [0.5, 0.6) is 5.75 Å². The van der Waals surface area contributed by atoms with E-state index in [4.69, 9.17) is 24.5 Å². The number of aliphatic carboxylic acids is 2. The van der Waals surface area contributed by atoms with E-state index in [1.54, 1.807) is 0 Å². The molecule has 2 saturated heterocycles. The minimum absolute atomic E-state index is 0.231. The summed E-state index contributed by atoms with van der Waals surface area (Å²) >= 11 is 0. The molecule has 8 heteroatoms. The Morgan fingerprint density at radius 1 is 0.824 bits per heavy atom. The third-order valence-electron chi connectivity index (χ3n) is 6.09. The highest BCUT2D eigenvalue weighted by atomic mass is 16.5. The molecule has 2 aliphatic rings. The van der Waals surface area contributed by atoms with Crippen LogP contribution < -0.4 is 4.74 Å². The largest absolute Gasteiger partial charge is 0.489 e. The first-order valence-electron chi connectivity index (χ1n) is 11.7. The number of carboxylic acids is 2. The topological polar surface area (TPSA) is 107 Å². The number of likely N-dealkylation sites (tertiary alicyclic amines) is 2. The van der Waals surface area contributed by atoms with Gasteiger partial charge in [0.1, 0.15) is 12.4 Å². The maximum absolute atomic E-state index is 12.6. The molecule has 4 rings (SSSR count). The molecule has 2 heterocycles. The first-order valence-corrected chi connectivity index (χ1v) is 11.7. The number of hydrogen-bond acceptors (Lipinski definition) is 5. The maximum atomic E-state index is 12.6. The van der Waals surface area contributed by atoms with Crippen molar-refractivity contribution in [3.05, 3.63) is 65.7 Å². The number of rotatable bonds is 6. The second-order valence-electron chi connectivity index (χ2n) is 8.61. The Kier molecular flexibility index (Phi) is 9.46. The Morgan fingerprint density at radius 3 is 2.06 bits per heavy atom. The number of piperidine rings is 1. The summed E-state index contributed by atoms with van der Waals surface area (Å²) in [6.07, 6.45) is 4.32. The zero-order valence-electron chi connectivity index (χ0n) is 19.3. The van der Waals surface area contributed by atoms with Gasteiger partial charge in [0.2, 0.25) is 5.91 Å². The molecule has 2 aromatic rings. The number of nitrogens with zero attached hydrogens (tertiary/aromatic N) is 2. The number of benzene rings is 2. The Labute approximate surface area is 199 Å². The van der Waals surface area contributed by atoms with Gasteiger partial charge in [-0.25, -0.2) is 9.59 Å². The average molecular weight is 469 g/mol. The van der Waals surface area contributed by atoms with Crippen molar-refractivity contribution >= 4 is 17.8 Å². The van der Waals surface area contributed by atoms with Crippen molar-refractivity contribution in [1.29, 1.82) is 0 Å². The smallest absolute Gasteiger partial charge is 0.414 e. The van der Waals surface area contributed by atoms with Crippen molar-refractivity contribution in [2.24, 2.45) is 5.92 Å². The van der Waals surface area contributed by atoms with Gasteiger partial charge in [-0.1, -0.05) is 42.5 Å². The summed E-state index contributed by atoms with van der Waals surface area (Å²) < 4.78 is 5.96. The Morgan fingerprint density at radius 2 is 1.44 bits per heavy atom. The third kappa shape index (κ3) is 7.88. The van der Waals surface area contributed by atoms with Gasteiger partial charge in [0.25, 0.3) is 0 Å². The number of carbonyl (C=O) groups is 3. The van der Waals surface area contributed by atoms with Gasteiger partial charge in [-0.05, 0) is 62.0 Å². The third-order valence-corrected chi connectivity index (χ3v) is 6.09. The summed E-state index contributed by atoms with van der Waals surface area (Å²) in [4.78, 5) is 35.3. The van der Waals surface area contributed by atoms with Crippen LogP contribution in [-0.2, 0) is 27.5 Å². The Hall–Kier alpha value is -3.39. The second-order valence-corrected chi connectivity index (χ2v) is 8.61. The minimum Gasteiger partial charge on any atom is -0.489 e. The lowest BCUT2D eigenvalue weighted by molar-refractivity contribution is -0.159. The summed E-state index contributed by atoms with van der Waals surface area (Å²) in [5.74, 6) is -2.10. The fourth-order valence-corrected chi connectivity index (χ4v) is 4.27. The number of carbonyl (C=O) groups excluding carboxylic acids is 1. The van der Waals surface area contributed by atoms with Gasteiger partial charge in [-0.15, -0.1) is 0 Å². The first kappa shape index (κ1) is 25.2. The molecule has 8 nitrogen and oxygen atoms in total. The maximum Gasteiger partial charge on any atom is 0.414 e. The number of hydrogen-bond donors (Lipinski definition) is 2. The predicted octanol–water partition coefficient (Wildman–Crippen LogP) is 3.26. The van der Waals surface area contributed by atoms with Crippen LogP contribution in [0, 0.1) is 5.92 Å². The molecular weight excluding hydrogens is 436 g/mol. The standard InChI is InChI=1S/C24H30N2O2.C2H2O4/c27-24(26-13-4-5-14-26)22-11-15-25(16-12-22)18-21-9-6-10-23(17-21)28-19-20-7-2-1-3-8-20;3-1(4)2(5)6/h1-3,6-10,17,22H,4-5,11-16,18-19H2;(H,3,4)(H,5,6). The number of ether oxygens (including phenoxy) is 1. The van der Waals surface area contributed by atoms with Gasteiger partial charge >= 0.3 is 11.9 Å². The van der Waals surface area contributed by atoms with Crippen LogP contribution in [0.2, 0.25) is 0 Å². The molecule has 34 heavy (non-hydrogen) atoms. The number of carboxylic acid groups (broad SMARTS) is 2. The molecule has 2 aromatic carbocycles. The Balaban J connectivity index is 0.000000481. The van der Waals surface area contributed by atoms with Crippen LogP contribution in [0.15, 0.2) is 54.6 Å². The summed E-state index contributed by atoms with van der Waals surface area (Å²) in [5.41, 5.74) is 2.45. The van der Waals surface area contributed by atoms with Gasteiger partial charge in [-0.2, -0.15) is 0 Å². The zero-order chi connectivity index (χ0) is 24.3. The SMILES string of the molecule is O=C(C1CCN(Cc2cccc(OCc3ccccc3)c2)CC1)N1CCCC1.O=C(O)C(=O)O. The van der Waals surface area contributed by atoms with Crippen LogP contribution in [-0.4, -0.2) is 64.0 Å². The van der Waals surface area contributed by atoms with E-state index in [0.717, 1.165) is 51.3 Å². The fraction of sp³-hybridized carbons (Fsp3) is 0.423. The Bertz CT molecular complexity index is 939. The van der Waals surface area contributed by atoms with Crippen LogP contribution >= 0.6 is 0 Å². The molecule has 0 bridgehead atoms. The highest BCUT2D eigenvalue weighted by Gasteiger charge is 2.29. The van der Waals surface area contributed by atoms with Crippen molar-refractivity contribution in [3.63, 3.8) is 0 Å². The van der Waals surface area contributed by atoms with Gasteiger partial charge in [0.05, 0.1) is 0 Å². The van der Waals surface area contributed by atoms with Crippen LogP contribution in [0.3, 0.4) is 0 Å². The molecule has 2 N–H and O–H groups in total. The van der Waals surface area contributed by atoms with Crippen LogP contribution in [0.25, 0.3) is 0 Å². The molecule has 0 saturated carbocycles. The fourth-order valence-electron chi connectivity index (χ4n) is 4.27. The molecule has 0 aromatic heterocycles. The van der Waals surface area contributed by atoms with E-state index in [0.29, 0.717) is 12.5 Å². The summed E-state index contributed by atoms with van der Waals surface area (Å²) in [6.45, 7) is 5.45. The first-order chi connectivity index (χ1) is 16.4. The highest BCUT2D eigenvalue weighted by molar-refractivity contribution is 6.27. The van der Waals surface area contributed by atoms with E-state index in [9.17, 15) is 4.79 Å². The van der Waals surface area contributed by atoms with Gasteiger partial charge in [-0.3, -0.25) is 9.69 Å². The van der Waals surface area contributed by atoms with Gasteiger partial charge < -0.3 is 19.8 Å². The quantitative estimate of drug-likeness (QED) is 0.627.